The Kier molecular flexibility index (Phi) is 3.57. The average Bonchev–Trinajstić information content (AvgIpc) is 1.97. The highest BCUT2D eigenvalue weighted by Crippen LogP contribution is 2.21. The summed E-state index contributed by atoms with van der Waals surface area (Å²) in [5.74, 6) is 0.0996. The third kappa shape index (κ3) is 3.35. The molecule has 5 nitrogen and oxygen atoms in total. The van der Waals surface area contributed by atoms with E-state index in [1.54, 1.807) is 4.90 Å². The molecule has 3 N–H and O–H groups in total. The molecule has 0 unspecified atom stereocenters. The number of carbonyl (C=O) groups excluding carboxylic acids is 1. The average molecular weight is 216 g/mol. The Balaban J connectivity index is 2.30. The van der Waals surface area contributed by atoms with E-state index >= 15 is 0 Å². The van der Waals surface area contributed by atoms with Gasteiger partial charge in [-0.2, -0.15) is 0 Å². The van der Waals surface area contributed by atoms with Gasteiger partial charge < -0.3 is 20.5 Å². The van der Waals surface area contributed by atoms with Gasteiger partial charge in [-0.15, -0.1) is 0 Å². The Hall–Kier alpha value is -0.810. The zero-order valence-corrected chi connectivity index (χ0v) is 9.56. The third-order valence-electron chi connectivity index (χ3n) is 2.35. The maximum atomic E-state index is 11.5. The quantitative estimate of drug-likeness (QED) is 0.690. The summed E-state index contributed by atoms with van der Waals surface area (Å²) < 4.78 is 5.18. The van der Waals surface area contributed by atoms with Crippen LogP contribution in [0.4, 0.5) is 4.79 Å². The molecular formula is C10H20N2O3. The molecule has 5 heteroatoms. The lowest BCUT2D eigenvalue weighted by atomic mass is 9.94. The third-order valence-corrected chi connectivity index (χ3v) is 2.35. The summed E-state index contributed by atoms with van der Waals surface area (Å²) in [5, 5.41) is 9.41. The molecule has 1 aliphatic rings. The van der Waals surface area contributed by atoms with Crippen molar-refractivity contribution in [3.05, 3.63) is 0 Å². The Morgan fingerprint density at radius 1 is 1.60 bits per heavy atom. The predicted octanol–water partition coefficient (Wildman–Crippen LogP) is 0.173. The number of rotatable bonds is 2. The van der Waals surface area contributed by atoms with Crippen LogP contribution in [0.1, 0.15) is 20.8 Å². The molecule has 0 spiro atoms. The lowest BCUT2D eigenvalue weighted by molar-refractivity contribution is -0.0282. The molecule has 1 amide bonds. The van der Waals surface area contributed by atoms with Crippen molar-refractivity contribution in [2.75, 3.05) is 19.6 Å². The largest absolute Gasteiger partial charge is 0.444 e. The highest BCUT2D eigenvalue weighted by molar-refractivity contribution is 5.69. The highest BCUT2D eigenvalue weighted by Gasteiger charge is 2.36. The lowest BCUT2D eigenvalue weighted by Gasteiger charge is -2.41. The molecule has 0 bridgehead atoms. The van der Waals surface area contributed by atoms with E-state index in [4.69, 9.17) is 10.5 Å². The lowest BCUT2D eigenvalue weighted by Crippen LogP contribution is -2.56. The van der Waals surface area contributed by atoms with E-state index in [2.05, 4.69) is 0 Å². The fourth-order valence-corrected chi connectivity index (χ4v) is 1.42. The second-order valence-electron chi connectivity index (χ2n) is 4.95. The van der Waals surface area contributed by atoms with Crippen molar-refractivity contribution in [1.82, 2.24) is 4.90 Å². The minimum atomic E-state index is -0.510. The topological polar surface area (TPSA) is 75.8 Å². The monoisotopic (exact) mass is 216 g/mol. The van der Waals surface area contributed by atoms with Gasteiger partial charge in [-0.05, 0) is 20.8 Å². The number of carbonyl (C=O) groups is 1. The summed E-state index contributed by atoms with van der Waals surface area (Å²) in [6.07, 6.45) is -0.827. The number of likely N-dealkylation sites (tertiary alicyclic amines) is 1. The van der Waals surface area contributed by atoms with Crippen LogP contribution in [0.3, 0.4) is 0 Å². The first kappa shape index (κ1) is 12.3. The molecule has 0 aromatic rings. The molecule has 1 saturated heterocycles. The fraction of sp³-hybridized carbons (Fsp3) is 0.900. The zero-order valence-electron chi connectivity index (χ0n) is 9.56. The minimum absolute atomic E-state index is 0.0996. The Morgan fingerprint density at radius 3 is 2.53 bits per heavy atom. The zero-order chi connectivity index (χ0) is 11.6. The summed E-state index contributed by atoms with van der Waals surface area (Å²) >= 11 is 0. The van der Waals surface area contributed by atoms with Gasteiger partial charge in [0.2, 0.25) is 0 Å². The molecule has 0 aromatic heterocycles. The molecule has 0 aromatic carbocycles. The van der Waals surface area contributed by atoms with E-state index in [-0.39, 0.29) is 18.6 Å². The standard InChI is InChI=1S/C10H20N2O3/c1-10(2,3)15-9(14)12-5-7(6-12)8(13)4-11/h7-8,13H,4-6,11H2,1-3H3/t8-/m1/s1. The minimum Gasteiger partial charge on any atom is -0.444 e. The van der Waals surface area contributed by atoms with E-state index in [1.165, 1.54) is 0 Å². The summed E-state index contributed by atoms with van der Waals surface area (Å²) in [5.41, 5.74) is 4.86. The molecule has 88 valence electrons. The smallest absolute Gasteiger partial charge is 0.410 e. The van der Waals surface area contributed by atoms with Gasteiger partial charge in [0.05, 0.1) is 6.10 Å². The van der Waals surface area contributed by atoms with Crippen LogP contribution in [0.5, 0.6) is 0 Å². The van der Waals surface area contributed by atoms with Crippen LogP contribution in [0.25, 0.3) is 0 Å². The summed E-state index contributed by atoms with van der Waals surface area (Å²) in [6, 6.07) is 0. The normalized spacial score (nSPS) is 19.7. The van der Waals surface area contributed by atoms with Crippen molar-refractivity contribution in [1.29, 1.82) is 0 Å². The molecule has 0 saturated carbocycles. The first-order valence-electron chi connectivity index (χ1n) is 5.19. The van der Waals surface area contributed by atoms with Gasteiger partial charge in [0.25, 0.3) is 0 Å². The van der Waals surface area contributed by atoms with E-state index < -0.39 is 11.7 Å². The Morgan fingerprint density at radius 2 is 2.13 bits per heavy atom. The van der Waals surface area contributed by atoms with Crippen LogP contribution in [0.2, 0.25) is 0 Å². The fourth-order valence-electron chi connectivity index (χ4n) is 1.42. The summed E-state index contributed by atoms with van der Waals surface area (Å²) in [6.45, 7) is 6.80. The molecule has 15 heavy (non-hydrogen) atoms. The number of aliphatic hydroxyl groups excluding tert-OH is 1. The summed E-state index contributed by atoms with van der Waals surface area (Å²) in [4.78, 5) is 13.1. The molecule has 1 fully saturated rings. The van der Waals surface area contributed by atoms with Crippen LogP contribution < -0.4 is 5.73 Å². The van der Waals surface area contributed by atoms with Crippen molar-refractivity contribution in [3.63, 3.8) is 0 Å². The van der Waals surface area contributed by atoms with Gasteiger partial charge in [0, 0.05) is 25.6 Å². The van der Waals surface area contributed by atoms with E-state index in [9.17, 15) is 9.90 Å². The number of hydrogen-bond acceptors (Lipinski definition) is 4. The molecule has 0 aliphatic carbocycles. The molecule has 1 aliphatic heterocycles. The van der Waals surface area contributed by atoms with Crippen LogP contribution in [0, 0.1) is 5.92 Å². The van der Waals surface area contributed by atoms with E-state index in [1.807, 2.05) is 20.8 Å². The van der Waals surface area contributed by atoms with Gasteiger partial charge in [-0.25, -0.2) is 4.79 Å². The first-order valence-corrected chi connectivity index (χ1v) is 5.19. The number of hydrogen-bond donors (Lipinski definition) is 2. The molecule has 0 radical (unpaired) electrons. The number of nitrogens with two attached hydrogens (primary N) is 1. The molecule has 1 rings (SSSR count). The van der Waals surface area contributed by atoms with Gasteiger partial charge in [0.1, 0.15) is 5.60 Å². The molecular weight excluding hydrogens is 196 g/mol. The first-order chi connectivity index (χ1) is 6.83. The maximum Gasteiger partial charge on any atom is 0.410 e. The summed E-state index contributed by atoms with van der Waals surface area (Å²) in [7, 11) is 0. The molecule has 1 heterocycles. The van der Waals surface area contributed by atoms with Gasteiger partial charge in [-0.3, -0.25) is 0 Å². The van der Waals surface area contributed by atoms with Crippen LogP contribution in [0.15, 0.2) is 0 Å². The van der Waals surface area contributed by atoms with Gasteiger partial charge >= 0.3 is 6.09 Å². The second-order valence-corrected chi connectivity index (χ2v) is 4.95. The van der Waals surface area contributed by atoms with Crippen molar-refractivity contribution >= 4 is 6.09 Å². The highest BCUT2D eigenvalue weighted by atomic mass is 16.6. The number of amides is 1. The number of nitrogens with zero attached hydrogens (tertiary/aromatic N) is 1. The van der Waals surface area contributed by atoms with Crippen molar-refractivity contribution in [3.8, 4) is 0 Å². The SMILES string of the molecule is CC(C)(C)OC(=O)N1CC([C@H](O)CN)C1. The van der Waals surface area contributed by atoms with Crippen LogP contribution in [-0.2, 0) is 4.74 Å². The maximum absolute atomic E-state index is 11.5. The van der Waals surface area contributed by atoms with E-state index in [0.29, 0.717) is 13.1 Å². The molecule has 1 atom stereocenters. The van der Waals surface area contributed by atoms with Crippen molar-refractivity contribution in [2.24, 2.45) is 11.7 Å². The van der Waals surface area contributed by atoms with E-state index in [0.717, 1.165) is 0 Å². The van der Waals surface area contributed by atoms with Crippen molar-refractivity contribution < 1.29 is 14.6 Å². The second kappa shape index (κ2) is 4.37. The van der Waals surface area contributed by atoms with Crippen LogP contribution >= 0.6 is 0 Å². The Bertz CT molecular complexity index is 231. The van der Waals surface area contributed by atoms with Gasteiger partial charge in [-0.1, -0.05) is 0 Å². The van der Waals surface area contributed by atoms with Gasteiger partial charge in [0.15, 0.2) is 0 Å². The number of aliphatic hydroxyl groups is 1. The van der Waals surface area contributed by atoms with Crippen molar-refractivity contribution in [2.45, 2.75) is 32.5 Å². The van der Waals surface area contributed by atoms with Crippen LogP contribution in [-0.4, -0.2) is 47.4 Å². The predicted molar refractivity (Wildman–Crippen MR) is 56.4 cm³/mol. The Labute approximate surface area is 90.2 Å². The number of ether oxygens (including phenoxy) is 1.